The quantitative estimate of drug-likeness (QED) is 0.698. The number of ketones is 1. The Morgan fingerprint density at radius 3 is 2.76 bits per heavy atom. The summed E-state index contributed by atoms with van der Waals surface area (Å²) in [7, 11) is 0. The molecule has 0 spiro atoms. The Hall–Kier alpha value is -2.49. The summed E-state index contributed by atoms with van der Waals surface area (Å²) in [6.45, 7) is 0. The van der Waals surface area contributed by atoms with Gasteiger partial charge in [0.15, 0.2) is 0 Å². The molecule has 0 radical (unpaired) electrons. The van der Waals surface area contributed by atoms with Crippen molar-refractivity contribution in [2.75, 3.05) is 0 Å². The van der Waals surface area contributed by atoms with Crippen molar-refractivity contribution < 1.29 is 14.0 Å². The zero-order chi connectivity index (χ0) is 11.8. The summed E-state index contributed by atoms with van der Waals surface area (Å²) >= 11 is 0. The fourth-order valence-electron chi connectivity index (χ4n) is 1.82. The van der Waals surface area contributed by atoms with E-state index in [9.17, 15) is 9.59 Å². The molecule has 1 aliphatic heterocycles. The average Bonchev–Trinajstić information content (AvgIpc) is 2.94. The van der Waals surface area contributed by atoms with Crippen LogP contribution < -0.4 is 10.6 Å². The zero-order valence-electron chi connectivity index (χ0n) is 8.71. The van der Waals surface area contributed by atoms with E-state index in [1.54, 1.807) is 24.3 Å². The van der Waals surface area contributed by atoms with Crippen LogP contribution in [0.5, 0.6) is 0 Å². The first kappa shape index (κ1) is 9.72. The highest BCUT2D eigenvalue weighted by Crippen LogP contribution is 2.11. The summed E-state index contributed by atoms with van der Waals surface area (Å²) in [6.07, 6.45) is 2.72. The second-order valence-electron chi connectivity index (χ2n) is 3.65. The highest BCUT2D eigenvalue weighted by atomic mass is 16.3. The fourth-order valence-corrected chi connectivity index (χ4v) is 1.82. The molecule has 3 rings (SSSR count). The minimum absolute atomic E-state index is 0.113. The molecule has 2 heterocycles. The number of benzene rings is 1. The van der Waals surface area contributed by atoms with Crippen molar-refractivity contribution in [1.29, 1.82) is 0 Å². The minimum Gasteiger partial charge on any atom is -0.472 e. The second-order valence-corrected chi connectivity index (χ2v) is 3.65. The molecular weight excluding hydrogens is 218 g/mol. The molecule has 1 aliphatic rings. The highest BCUT2D eigenvalue weighted by Gasteiger charge is 2.24. The van der Waals surface area contributed by atoms with Crippen molar-refractivity contribution in [1.82, 2.24) is 0 Å². The minimum atomic E-state index is -0.489. The van der Waals surface area contributed by atoms with E-state index in [1.807, 2.05) is 0 Å². The van der Waals surface area contributed by atoms with E-state index in [4.69, 9.17) is 4.42 Å². The molecule has 0 saturated heterocycles. The van der Waals surface area contributed by atoms with E-state index in [-0.39, 0.29) is 11.4 Å². The Morgan fingerprint density at radius 1 is 1.18 bits per heavy atom. The van der Waals surface area contributed by atoms with E-state index in [1.165, 1.54) is 18.6 Å². The van der Waals surface area contributed by atoms with Gasteiger partial charge >= 0.3 is 0 Å². The van der Waals surface area contributed by atoms with Gasteiger partial charge < -0.3 is 4.42 Å². The molecule has 1 aromatic carbocycles. The van der Waals surface area contributed by atoms with Crippen LogP contribution in [0.4, 0.5) is 0 Å². The number of amides is 1. The molecule has 0 saturated carbocycles. The lowest BCUT2D eigenvalue weighted by Crippen LogP contribution is -2.24. The van der Waals surface area contributed by atoms with Gasteiger partial charge in [-0.15, -0.1) is 0 Å². The Morgan fingerprint density at radius 2 is 2.00 bits per heavy atom. The van der Waals surface area contributed by atoms with E-state index >= 15 is 0 Å². The van der Waals surface area contributed by atoms with Crippen molar-refractivity contribution in [2.24, 2.45) is 4.99 Å². The van der Waals surface area contributed by atoms with Crippen LogP contribution in [0.25, 0.3) is 5.57 Å². The van der Waals surface area contributed by atoms with Crippen molar-refractivity contribution in [3.05, 3.63) is 59.0 Å². The monoisotopic (exact) mass is 225 g/mol. The molecule has 0 aliphatic carbocycles. The first-order valence-electron chi connectivity index (χ1n) is 5.06. The standard InChI is InChI=1S/C13H7NO3/c15-12(8-5-6-17-7-8)11-9-3-1-2-4-10(9)14-13(11)16/h1-7H. The van der Waals surface area contributed by atoms with Crippen molar-refractivity contribution in [2.45, 2.75) is 0 Å². The number of para-hydroxylation sites is 1. The van der Waals surface area contributed by atoms with Gasteiger partial charge in [0.1, 0.15) is 6.26 Å². The van der Waals surface area contributed by atoms with Gasteiger partial charge in [-0.3, -0.25) is 9.59 Å². The molecule has 82 valence electrons. The first-order valence-corrected chi connectivity index (χ1v) is 5.06. The molecule has 4 nitrogen and oxygen atoms in total. The molecular formula is C13H7NO3. The van der Waals surface area contributed by atoms with Gasteiger partial charge in [-0.1, -0.05) is 18.2 Å². The lowest BCUT2D eigenvalue weighted by Gasteiger charge is -1.95. The maximum Gasteiger partial charge on any atom is 0.282 e. The van der Waals surface area contributed by atoms with Crippen LogP contribution in [0.15, 0.2) is 52.3 Å². The Labute approximate surface area is 95.9 Å². The summed E-state index contributed by atoms with van der Waals surface area (Å²) in [6, 6.07) is 8.51. The number of carbonyl (C=O) groups is 2. The van der Waals surface area contributed by atoms with Gasteiger partial charge in [-0.25, -0.2) is 4.99 Å². The Bertz CT molecular complexity index is 726. The second kappa shape index (κ2) is 3.52. The molecule has 0 N–H and O–H groups in total. The predicted octanol–water partition coefficient (Wildman–Crippen LogP) is 0.473. The normalized spacial score (nSPS) is 13.4. The molecule has 17 heavy (non-hydrogen) atoms. The molecule has 1 aromatic heterocycles. The number of carbonyl (C=O) groups excluding carboxylic acids is 2. The number of nitrogens with zero attached hydrogens (tertiary/aromatic N) is 1. The summed E-state index contributed by atoms with van der Waals surface area (Å²) in [5, 5.41) is 1.13. The van der Waals surface area contributed by atoms with Crippen molar-refractivity contribution >= 4 is 17.3 Å². The largest absolute Gasteiger partial charge is 0.472 e. The highest BCUT2D eigenvalue weighted by molar-refractivity contribution is 6.45. The maximum absolute atomic E-state index is 12.1. The van der Waals surface area contributed by atoms with Crippen LogP contribution in [-0.2, 0) is 4.79 Å². The Balaban J connectivity index is 2.27. The van der Waals surface area contributed by atoms with E-state index < -0.39 is 5.91 Å². The van der Waals surface area contributed by atoms with E-state index in [0.29, 0.717) is 16.1 Å². The van der Waals surface area contributed by atoms with E-state index in [0.717, 1.165) is 0 Å². The maximum atomic E-state index is 12.1. The number of hydrogen-bond donors (Lipinski definition) is 0. The van der Waals surface area contributed by atoms with Gasteiger partial charge in [0, 0.05) is 5.22 Å². The molecule has 0 bridgehead atoms. The lowest BCUT2D eigenvalue weighted by molar-refractivity contribution is -0.112. The van der Waals surface area contributed by atoms with Gasteiger partial charge in [-0.2, -0.15) is 0 Å². The van der Waals surface area contributed by atoms with Crippen LogP contribution in [0.2, 0.25) is 0 Å². The molecule has 0 atom stereocenters. The van der Waals surface area contributed by atoms with Crippen LogP contribution in [0.3, 0.4) is 0 Å². The number of furan rings is 1. The molecule has 4 heteroatoms. The third-order valence-electron chi connectivity index (χ3n) is 2.62. The topological polar surface area (TPSA) is 59.6 Å². The lowest BCUT2D eigenvalue weighted by atomic mass is 10.0. The van der Waals surface area contributed by atoms with Gasteiger partial charge in [-0.05, 0) is 12.1 Å². The third-order valence-corrected chi connectivity index (χ3v) is 2.62. The molecule has 2 aromatic rings. The Kier molecular flexibility index (Phi) is 2.01. The summed E-state index contributed by atoms with van der Waals surface area (Å²) in [5.74, 6) is -0.838. The van der Waals surface area contributed by atoms with Gasteiger partial charge in [0.25, 0.3) is 5.91 Å². The number of Topliss-reactive ketones (excluding diaryl/α,β-unsaturated/α-hetero) is 1. The van der Waals surface area contributed by atoms with Crippen LogP contribution in [0, 0.1) is 0 Å². The van der Waals surface area contributed by atoms with Crippen LogP contribution in [0.1, 0.15) is 10.4 Å². The zero-order valence-corrected chi connectivity index (χ0v) is 8.71. The summed E-state index contributed by atoms with van der Waals surface area (Å²) in [5.41, 5.74) is 0.474. The third kappa shape index (κ3) is 1.42. The molecule has 0 unspecified atom stereocenters. The van der Waals surface area contributed by atoms with Gasteiger partial charge in [0.2, 0.25) is 5.78 Å². The number of fused-ring (bicyclic) bond motifs is 1. The number of rotatable bonds is 2. The number of hydrogen-bond acceptors (Lipinski definition) is 3. The predicted molar refractivity (Wildman–Crippen MR) is 58.7 cm³/mol. The molecule has 1 amide bonds. The first-order chi connectivity index (χ1) is 8.27. The summed E-state index contributed by atoms with van der Waals surface area (Å²) in [4.78, 5) is 27.7. The van der Waals surface area contributed by atoms with Gasteiger partial charge in [0.05, 0.1) is 22.8 Å². The molecule has 0 fully saturated rings. The smallest absolute Gasteiger partial charge is 0.282 e. The van der Waals surface area contributed by atoms with Crippen molar-refractivity contribution in [3.63, 3.8) is 0 Å². The summed E-state index contributed by atoms with van der Waals surface area (Å²) < 4.78 is 4.84. The van der Waals surface area contributed by atoms with E-state index in [2.05, 4.69) is 4.99 Å². The van der Waals surface area contributed by atoms with Crippen LogP contribution in [-0.4, -0.2) is 11.7 Å². The SMILES string of the molecule is O=C1N=c2ccccc2=C1C(=O)c1ccoc1. The van der Waals surface area contributed by atoms with Crippen LogP contribution >= 0.6 is 0 Å². The fraction of sp³-hybridized carbons (Fsp3) is 0. The van der Waals surface area contributed by atoms with Crippen molar-refractivity contribution in [3.8, 4) is 0 Å². The average molecular weight is 225 g/mol.